The van der Waals surface area contributed by atoms with Crippen molar-refractivity contribution < 1.29 is 70.0 Å². The van der Waals surface area contributed by atoms with Crippen LogP contribution in [0.2, 0.25) is 0 Å². The van der Waals surface area contributed by atoms with E-state index in [0.717, 1.165) is 0 Å². The van der Waals surface area contributed by atoms with E-state index >= 15 is 0 Å². The number of ether oxygens (including phenoxy) is 4. The van der Waals surface area contributed by atoms with E-state index in [0.29, 0.717) is 0 Å². The van der Waals surface area contributed by atoms with E-state index in [2.05, 4.69) is 5.32 Å². The van der Waals surface area contributed by atoms with Crippen LogP contribution in [0.15, 0.2) is 0 Å². The number of rotatable bonds is 7. The lowest BCUT2D eigenvalue weighted by molar-refractivity contribution is -0.366. The van der Waals surface area contributed by atoms with Crippen molar-refractivity contribution in [1.82, 2.24) is 5.32 Å². The molecular weight excluding hydrogens is 454 g/mol. The third-order valence-corrected chi connectivity index (χ3v) is 6.16. The molecule has 3 saturated heterocycles. The molecule has 0 unspecified atom stereocenters. The summed E-state index contributed by atoms with van der Waals surface area (Å²) in [6.07, 6.45) is -20.2. The summed E-state index contributed by atoms with van der Waals surface area (Å²) in [6.45, 7) is -1.97. The molecule has 0 aromatic heterocycles. The maximum Gasteiger partial charge on any atom is 0.187 e. The fourth-order valence-electron chi connectivity index (χ4n) is 4.13. The van der Waals surface area contributed by atoms with Crippen LogP contribution >= 0.6 is 0 Å². The van der Waals surface area contributed by atoms with E-state index in [1.165, 1.54) is 0 Å². The van der Waals surface area contributed by atoms with Crippen molar-refractivity contribution >= 4 is 0 Å². The van der Waals surface area contributed by atoms with Gasteiger partial charge in [-0.25, -0.2) is 0 Å². The summed E-state index contributed by atoms with van der Waals surface area (Å²) >= 11 is 0. The first-order valence-electron chi connectivity index (χ1n) is 10.6. The molecule has 0 aliphatic carbocycles. The number of β-amino-alcohol motifs (C(OH)–C–C–N with tert-alkyl or cyclic N) is 1. The lowest BCUT2D eigenvalue weighted by Crippen LogP contribution is -2.67. The minimum atomic E-state index is -1.81. The normalized spacial score (nSPS) is 51.5. The van der Waals surface area contributed by atoms with E-state index in [1.54, 1.807) is 0 Å². The molecule has 15 heteroatoms. The Kier molecular flexibility index (Phi) is 9.35. The highest BCUT2D eigenvalue weighted by molar-refractivity contribution is 4.97. The Morgan fingerprint density at radius 1 is 0.606 bits per heavy atom. The molecule has 3 rings (SSSR count). The van der Waals surface area contributed by atoms with E-state index in [-0.39, 0.29) is 6.54 Å². The smallest absolute Gasteiger partial charge is 0.187 e. The summed E-state index contributed by atoms with van der Waals surface area (Å²) in [5.41, 5.74) is 0. The summed E-state index contributed by atoms with van der Waals surface area (Å²) in [5.74, 6) is 0. The maximum atomic E-state index is 10.6. The Bertz CT molecular complexity index is 611. The van der Waals surface area contributed by atoms with Crippen molar-refractivity contribution in [3.8, 4) is 0 Å². The molecular formula is C18H33NO14. The minimum absolute atomic E-state index is 0.0166. The van der Waals surface area contributed by atoms with Crippen molar-refractivity contribution in [3.05, 3.63) is 0 Å². The monoisotopic (exact) mass is 487 g/mol. The molecule has 0 amide bonds. The predicted molar refractivity (Wildman–Crippen MR) is 102 cm³/mol. The van der Waals surface area contributed by atoms with Gasteiger partial charge in [0.25, 0.3) is 0 Å². The van der Waals surface area contributed by atoms with E-state index in [1.807, 2.05) is 0 Å². The van der Waals surface area contributed by atoms with Gasteiger partial charge in [-0.15, -0.1) is 0 Å². The van der Waals surface area contributed by atoms with Crippen LogP contribution in [0.4, 0.5) is 0 Å². The molecule has 0 saturated carbocycles. The average Bonchev–Trinajstić information content (AvgIpc) is 2.81. The molecule has 194 valence electrons. The number of piperidine rings is 1. The molecule has 3 aliphatic heterocycles. The second kappa shape index (κ2) is 11.4. The van der Waals surface area contributed by atoms with E-state index < -0.39 is 106 Å². The Morgan fingerprint density at radius 3 is 1.73 bits per heavy atom. The summed E-state index contributed by atoms with van der Waals surface area (Å²) in [6, 6.07) is -0.827. The van der Waals surface area contributed by atoms with Gasteiger partial charge in [0.1, 0.15) is 61.0 Å². The molecule has 0 bridgehead atoms. The molecule has 0 spiro atoms. The van der Waals surface area contributed by atoms with Crippen LogP contribution in [0.25, 0.3) is 0 Å². The van der Waals surface area contributed by atoms with Gasteiger partial charge >= 0.3 is 0 Å². The quantitative estimate of drug-likeness (QED) is 0.159. The van der Waals surface area contributed by atoms with Gasteiger partial charge < -0.3 is 75.3 Å². The van der Waals surface area contributed by atoms with Crippen LogP contribution in [0.5, 0.6) is 0 Å². The first-order valence-corrected chi connectivity index (χ1v) is 10.6. The van der Waals surface area contributed by atoms with Gasteiger partial charge in [-0.3, -0.25) is 0 Å². The minimum Gasteiger partial charge on any atom is -0.395 e. The zero-order chi connectivity index (χ0) is 24.4. The van der Waals surface area contributed by atoms with Gasteiger partial charge in [-0.1, -0.05) is 0 Å². The van der Waals surface area contributed by atoms with Crippen LogP contribution in [0.3, 0.4) is 0 Å². The van der Waals surface area contributed by atoms with Crippen molar-refractivity contribution in [1.29, 1.82) is 0 Å². The van der Waals surface area contributed by atoms with Gasteiger partial charge in [-0.2, -0.15) is 0 Å². The van der Waals surface area contributed by atoms with Crippen molar-refractivity contribution in [2.24, 2.45) is 0 Å². The molecule has 11 N–H and O–H groups in total. The molecule has 14 atom stereocenters. The third-order valence-electron chi connectivity index (χ3n) is 6.16. The van der Waals surface area contributed by atoms with Crippen molar-refractivity contribution in [2.45, 2.75) is 85.8 Å². The lowest BCUT2D eigenvalue weighted by atomic mass is 9.95. The highest BCUT2D eigenvalue weighted by Gasteiger charge is 2.52. The summed E-state index contributed by atoms with van der Waals surface area (Å²) < 4.78 is 21.7. The van der Waals surface area contributed by atoms with Crippen LogP contribution in [-0.2, 0) is 18.9 Å². The van der Waals surface area contributed by atoms with Gasteiger partial charge in [0.15, 0.2) is 12.6 Å². The Labute approximate surface area is 188 Å². The molecule has 0 radical (unpaired) electrons. The number of aliphatic hydroxyl groups excluding tert-OH is 10. The second-order valence-electron chi connectivity index (χ2n) is 8.36. The van der Waals surface area contributed by atoms with Crippen LogP contribution in [0, 0.1) is 0 Å². The fourth-order valence-corrected chi connectivity index (χ4v) is 4.13. The average molecular weight is 487 g/mol. The highest BCUT2D eigenvalue weighted by atomic mass is 16.7. The molecule has 0 aromatic carbocycles. The molecule has 33 heavy (non-hydrogen) atoms. The Morgan fingerprint density at radius 2 is 1.15 bits per heavy atom. The van der Waals surface area contributed by atoms with Gasteiger partial charge in [-0.05, 0) is 0 Å². The maximum absolute atomic E-state index is 10.6. The predicted octanol–water partition coefficient (Wildman–Crippen LogP) is -7.32. The molecule has 3 fully saturated rings. The number of hydrogen-bond acceptors (Lipinski definition) is 15. The van der Waals surface area contributed by atoms with Gasteiger partial charge in [0.2, 0.25) is 0 Å². The Hall–Kier alpha value is -0.600. The second-order valence-corrected chi connectivity index (χ2v) is 8.36. The third kappa shape index (κ3) is 5.48. The first-order chi connectivity index (χ1) is 15.6. The van der Waals surface area contributed by atoms with Crippen molar-refractivity contribution in [3.63, 3.8) is 0 Å². The standard InChI is InChI=1S/C18H33NO14/c20-2-5-15(9(24)6(23)1-19-5)32-18-14(29)12(27)16(8(4-22)31-18)33-17-13(28)11(26)10(25)7(3-21)30-17/h5-29H,1-4H2/t5-,6+,7-,8-,9-,10-,11+,12-,13-,14-,15-,16-,17-,18-/m1/s1. The summed E-state index contributed by atoms with van der Waals surface area (Å²) in [4.78, 5) is 0. The topological polar surface area (TPSA) is 251 Å². The van der Waals surface area contributed by atoms with E-state index in [9.17, 15) is 51.1 Å². The number of aliphatic hydroxyl groups is 10. The van der Waals surface area contributed by atoms with Gasteiger partial charge in [0, 0.05) is 6.54 Å². The fraction of sp³-hybridized carbons (Fsp3) is 1.00. The lowest BCUT2D eigenvalue weighted by Gasteiger charge is -2.47. The number of nitrogens with one attached hydrogen (secondary N) is 1. The summed E-state index contributed by atoms with van der Waals surface area (Å²) in [5, 5.41) is 102. The molecule has 3 heterocycles. The zero-order valence-electron chi connectivity index (χ0n) is 17.5. The molecule has 3 aliphatic rings. The van der Waals surface area contributed by atoms with Crippen molar-refractivity contribution in [2.75, 3.05) is 26.4 Å². The molecule has 15 nitrogen and oxygen atoms in total. The SMILES string of the molecule is OC[C@H]1NC[C@H](O)[C@@H](O)[C@@H]1O[C@H]1O[C@H](CO)[C@@H](O[C@H]2O[C@H](CO)[C@@H](O)[C@H](O)[C@H]2O)[C@H](O)[C@H]1O. The van der Waals surface area contributed by atoms with E-state index in [4.69, 9.17) is 18.9 Å². The summed E-state index contributed by atoms with van der Waals surface area (Å²) in [7, 11) is 0. The van der Waals surface area contributed by atoms with Crippen LogP contribution in [-0.4, -0.2) is 163 Å². The van der Waals surface area contributed by atoms with Gasteiger partial charge in [0.05, 0.1) is 32.0 Å². The largest absolute Gasteiger partial charge is 0.395 e. The van der Waals surface area contributed by atoms with Crippen LogP contribution in [0.1, 0.15) is 0 Å². The Balaban J connectivity index is 1.71. The first kappa shape index (κ1) is 27.0. The molecule has 0 aromatic rings. The highest BCUT2D eigenvalue weighted by Crippen LogP contribution is 2.31. The van der Waals surface area contributed by atoms with Crippen LogP contribution < -0.4 is 5.32 Å². The number of hydrogen-bond donors (Lipinski definition) is 11. The zero-order valence-corrected chi connectivity index (χ0v) is 17.5.